The maximum absolute atomic E-state index is 18.5. The van der Waals surface area contributed by atoms with Crippen LogP contribution in [0.2, 0.25) is 0 Å². The molecule has 16 nitrogen and oxygen atoms in total. The zero-order valence-electron chi connectivity index (χ0n) is 59.3. The molecule has 12 heterocycles. The van der Waals surface area contributed by atoms with Gasteiger partial charge >= 0.3 is 586 Å². The maximum atomic E-state index is 18.5. The second-order valence-electron chi connectivity index (χ2n) is 25.5. The van der Waals surface area contributed by atoms with Gasteiger partial charge in [-0.05, 0) is 0 Å². The Morgan fingerprint density at radius 3 is 1.12 bits per heavy atom. The summed E-state index contributed by atoms with van der Waals surface area (Å²) in [6.45, 7) is 24.3. The van der Waals surface area contributed by atoms with E-state index < -0.39 is 64.0 Å². The van der Waals surface area contributed by atoms with E-state index in [0.29, 0.717) is 98.4 Å². The van der Waals surface area contributed by atoms with Crippen LogP contribution in [-0.4, -0.2) is 126 Å². The molecule has 22 heteroatoms. The average Bonchev–Trinajstić information content (AvgIpc) is 1.55. The summed E-state index contributed by atoms with van der Waals surface area (Å²) in [5, 5.41) is 1.77. The standard InChI is InChI=1S/C40H44N4O8.C36H44N4.4FH.2Sn/c1-21-25(9-13-37(45)49-5)33-18-31-23(3)26(10-14-38(46)50-6)34(43-31)19-32-24(4)28(12-16-40(48)52-8)36(44-32)20-35-27(11-15-39(47)51-7)22(2)30(42-35)17-29(21)41-33;1-9-21-22(10-2)30-18-32-25(13-5)26(14-6)34(39-32)20-36-28(16-8)27(15-7)35(40-36)19-33-24(12-4)23(11-3)31(38-33)17-29(21)37-30;;;;;;/h17-20H,9-16H2,1-8H3;17-20H,9-16H2,1-8H3;4*1H;;/q2*-2;;;;;2*+4/p-4. The van der Waals surface area contributed by atoms with Gasteiger partial charge in [-0.2, -0.15) is 0 Å². The van der Waals surface area contributed by atoms with Gasteiger partial charge in [-0.25, -0.2) is 0 Å². The summed E-state index contributed by atoms with van der Waals surface area (Å²) in [6, 6.07) is 0. The SMILES string of the molecule is CCC1=C(CC)C2=NC1=Cc1c(CC)c(CC)c3[n]1[Sn]([F])([F])[n]1c(c(CC)c(CC)c1=CC1=NC(=C3)C(CC)=C1CC)=C2.COC(=O)CCC1=C(C)C2=NC1=Cc1c(C)c(CCC(=O)OC)c3[n]1[Sn]([F])([F])[n]1c(c(C)c(CCC(=O)OC)c1=CC1=NC(=C3)C(C)=C1CCC(=O)OC)=C2. The van der Waals surface area contributed by atoms with Crippen molar-refractivity contribution in [2.45, 2.75) is 186 Å². The molecule has 516 valence electrons. The Bertz CT molecular complexity index is 4720. The number of rotatable bonds is 20. The van der Waals surface area contributed by atoms with Crippen molar-refractivity contribution in [3.8, 4) is 0 Å². The van der Waals surface area contributed by atoms with Gasteiger partial charge in [-0.1, -0.05) is 0 Å². The normalized spacial score (nSPS) is 17.2. The number of carbonyl (C=O) groups is 4. The summed E-state index contributed by atoms with van der Waals surface area (Å²) in [5.41, 5.74) is 20.8. The molecular formula is C76H88F4N8O8Sn2. The molecule has 8 aliphatic heterocycles. The Hall–Kier alpha value is -7.60. The van der Waals surface area contributed by atoms with Crippen molar-refractivity contribution >= 4 is 135 Å². The molecule has 0 atom stereocenters. The number of nitrogens with zero attached hydrogens (tertiary/aromatic N) is 8. The first-order valence-electron chi connectivity index (χ1n) is 34.4. The molecule has 0 saturated heterocycles. The summed E-state index contributed by atoms with van der Waals surface area (Å²) in [5.74, 6) is -1.80. The van der Waals surface area contributed by atoms with Gasteiger partial charge in [0, 0.05) is 0 Å². The second-order valence-corrected chi connectivity index (χ2v) is 36.4. The first-order valence-corrected chi connectivity index (χ1v) is 43.8. The summed E-state index contributed by atoms with van der Waals surface area (Å²) in [6.07, 6.45) is 21.5. The number of methoxy groups -OCH3 is 4. The van der Waals surface area contributed by atoms with Crippen LogP contribution >= 0.6 is 0 Å². The number of aromatic nitrogens is 4. The van der Waals surface area contributed by atoms with Gasteiger partial charge in [0.2, 0.25) is 0 Å². The Morgan fingerprint density at radius 1 is 0.337 bits per heavy atom. The van der Waals surface area contributed by atoms with Gasteiger partial charge in [0.15, 0.2) is 0 Å². The molecule has 12 bridgehead atoms. The number of hydrogen-bond donors (Lipinski definition) is 0. The zero-order chi connectivity index (χ0) is 70.7. The van der Waals surface area contributed by atoms with Gasteiger partial charge in [-0.3, -0.25) is 0 Å². The predicted octanol–water partition coefficient (Wildman–Crippen LogP) is 12.3. The van der Waals surface area contributed by atoms with Crippen LogP contribution in [0.25, 0.3) is 48.6 Å². The van der Waals surface area contributed by atoms with Crippen molar-refractivity contribution in [1.29, 1.82) is 0 Å². The van der Waals surface area contributed by atoms with E-state index in [9.17, 15) is 19.2 Å². The van der Waals surface area contributed by atoms with E-state index in [-0.39, 0.29) is 73.5 Å². The van der Waals surface area contributed by atoms with Crippen LogP contribution in [-0.2, 0) is 76.7 Å². The molecule has 0 aliphatic carbocycles. The van der Waals surface area contributed by atoms with E-state index >= 15 is 11.5 Å². The summed E-state index contributed by atoms with van der Waals surface area (Å²) in [7, 11) is 5.19. The molecule has 0 radical (unpaired) electrons. The van der Waals surface area contributed by atoms with Crippen molar-refractivity contribution in [2.24, 2.45) is 20.0 Å². The number of carbonyl (C=O) groups excluding carboxylic acids is 4. The molecule has 0 N–H and O–H groups in total. The van der Waals surface area contributed by atoms with E-state index in [2.05, 4.69) is 55.4 Å². The summed E-state index contributed by atoms with van der Waals surface area (Å²) >= 11 is -13.5. The molecule has 12 rings (SSSR count). The number of hydrogen-bond acceptors (Lipinski definition) is 12. The van der Waals surface area contributed by atoms with Crippen molar-refractivity contribution in [2.75, 3.05) is 28.4 Å². The van der Waals surface area contributed by atoms with Crippen LogP contribution in [0.15, 0.2) is 87.3 Å². The molecule has 0 amide bonds. The fraction of sp³-hybridized carbons (Fsp3) is 0.421. The van der Waals surface area contributed by atoms with Crippen LogP contribution in [0.1, 0.15) is 201 Å². The number of esters is 4. The van der Waals surface area contributed by atoms with E-state index in [1.54, 1.807) is 38.2 Å². The monoisotopic (exact) mass is 1560 g/mol. The molecule has 0 unspecified atom stereocenters. The van der Waals surface area contributed by atoms with Gasteiger partial charge in [0.25, 0.3) is 0 Å². The van der Waals surface area contributed by atoms with Gasteiger partial charge in [-0.15, -0.1) is 0 Å². The molecule has 8 aliphatic rings. The third-order valence-corrected chi connectivity index (χ3v) is 32.4. The van der Waals surface area contributed by atoms with Gasteiger partial charge in [0.05, 0.1) is 0 Å². The first-order chi connectivity index (χ1) is 46.9. The van der Waals surface area contributed by atoms with Crippen molar-refractivity contribution < 1.29 is 49.6 Å². The molecule has 0 saturated carbocycles. The topological polar surface area (TPSA) is 174 Å². The van der Waals surface area contributed by atoms with E-state index in [0.717, 1.165) is 87.5 Å². The Labute approximate surface area is 582 Å². The number of allylic oxidation sites excluding steroid dienone is 8. The minimum absolute atomic E-state index is 0.0492. The predicted molar refractivity (Wildman–Crippen MR) is 384 cm³/mol. The third kappa shape index (κ3) is 12.1. The Morgan fingerprint density at radius 2 is 0.673 bits per heavy atom. The number of aliphatic imine (C=N–C) groups is 4. The first kappa shape index (κ1) is 71.7. The molecule has 4 aromatic rings. The van der Waals surface area contributed by atoms with Crippen LogP contribution < -0.4 is 21.4 Å². The molecular weight excluding hydrogens is 1470 g/mol. The number of ether oxygens (including phenoxy) is 4. The fourth-order valence-corrected chi connectivity index (χ4v) is 28.3. The van der Waals surface area contributed by atoms with Crippen LogP contribution in [0.3, 0.4) is 0 Å². The summed E-state index contributed by atoms with van der Waals surface area (Å²) in [4.78, 5) is 70.1. The van der Waals surface area contributed by atoms with Crippen LogP contribution in [0.4, 0.5) is 11.5 Å². The zero-order valence-corrected chi connectivity index (χ0v) is 65.0. The molecule has 0 aromatic carbocycles. The van der Waals surface area contributed by atoms with E-state index in [1.165, 1.54) is 61.9 Å². The fourth-order valence-electron chi connectivity index (χ4n) is 15.8. The van der Waals surface area contributed by atoms with Crippen molar-refractivity contribution in [3.63, 3.8) is 0 Å². The Kier molecular flexibility index (Phi) is 20.9. The molecule has 0 spiro atoms. The van der Waals surface area contributed by atoms with Crippen molar-refractivity contribution in [1.82, 2.24) is 11.2 Å². The minimum atomic E-state index is -7.00. The molecule has 0 fully saturated rings. The number of halogens is 4. The molecule has 98 heavy (non-hydrogen) atoms. The van der Waals surface area contributed by atoms with E-state index in [1.807, 2.05) is 38.2 Å². The number of fused-ring (bicyclic) bond motifs is 4. The second kappa shape index (κ2) is 28.6. The van der Waals surface area contributed by atoms with Crippen molar-refractivity contribution in [3.05, 3.63) is 156 Å². The Balaban J connectivity index is 0.000000204. The average molecular weight is 1560 g/mol. The van der Waals surface area contributed by atoms with Crippen LogP contribution in [0, 0.1) is 13.8 Å². The quantitative estimate of drug-likeness (QED) is 0.0364. The third-order valence-electron chi connectivity index (χ3n) is 20.7. The van der Waals surface area contributed by atoms with Gasteiger partial charge < -0.3 is 0 Å². The summed E-state index contributed by atoms with van der Waals surface area (Å²) < 4.78 is 98.4. The van der Waals surface area contributed by atoms with E-state index in [4.69, 9.17) is 38.9 Å². The van der Waals surface area contributed by atoms with Crippen LogP contribution in [0.5, 0.6) is 0 Å². The van der Waals surface area contributed by atoms with Gasteiger partial charge in [0.1, 0.15) is 0 Å². The molecule has 4 aromatic heterocycles.